The molecule has 34 heavy (non-hydrogen) atoms. The molecule has 2 aromatic heterocycles. The maximum Gasteiger partial charge on any atom is 0.437 e. The van der Waals surface area contributed by atoms with Crippen molar-refractivity contribution in [3.8, 4) is 0 Å². The lowest BCUT2D eigenvalue weighted by molar-refractivity contribution is -0.400. The maximum absolute atomic E-state index is 13.6. The fourth-order valence-electron chi connectivity index (χ4n) is 3.25. The van der Waals surface area contributed by atoms with Crippen LogP contribution in [-0.2, 0) is 9.59 Å². The normalized spacial score (nSPS) is 12.2. The third kappa shape index (κ3) is 6.08. The molecule has 186 valence electrons. The Morgan fingerprint density at radius 2 is 1.32 bits per heavy atom. The molecule has 0 aliphatic heterocycles. The van der Waals surface area contributed by atoms with E-state index in [9.17, 15) is 29.8 Å². The van der Waals surface area contributed by atoms with Crippen molar-refractivity contribution in [1.29, 1.82) is 0 Å². The topological polar surface area (TPSA) is 180 Å². The summed E-state index contributed by atoms with van der Waals surface area (Å²) < 4.78 is 1.96. The molecule has 0 saturated heterocycles. The van der Waals surface area contributed by atoms with Crippen LogP contribution < -0.4 is 10.6 Å². The van der Waals surface area contributed by atoms with Gasteiger partial charge in [-0.15, -0.1) is 0 Å². The number of ketones is 2. The van der Waals surface area contributed by atoms with Crippen molar-refractivity contribution >= 4 is 23.5 Å². The van der Waals surface area contributed by atoms with Crippen molar-refractivity contribution in [2.45, 2.75) is 64.7 Å². The second-order valence-corrected chi connectivity index (χ2v) is 8.89. The molecule has 0 radical (unpaired) electrons. The number of aromatic nitrogens is 4. The number of hydrogen-bond acceptors (Lipinski definition) is 10. The number of rotatable bonds is 14. The summed E-state index contributed by atoms with van der Waals surface area (Å²) in [6.07, 6.45) is 4.71. The van der Waals surface area contributed by atoms with Gasteiger partial charge in [0.2, 0.25) is 5.78 Å². The molecular formula is C20H30N8O6. The van der Waals surface area contributed by atoms with Crippen LogP contribution in [0, 0.1) is 20.2 Å². The Bertz CT molecular complexity index is 1000. The van der Waals surface area contributed by atoms with E-state index < -0.39 is 44.8 Å². The summed E-state index contributed by atoms with van der Waals surface area (Å²) in [6, 6.07) is 0. The first-order valence-electron chi connectivity index (χ1n) is 10.7. The van der Waals surface area contributed by atoms with Gasteiger partial charge < -0.3 is 30.9 Å². The van der Waals surface area contributed by atoms with Gasteiger partial charge in [0.1, 0.15) is 30.6 Å². The fourth-order valence-corrected chi connectivity index (χ4v) is 3.25. The lowest BCUT2D eigenvalue weighted by Gasteiger charge is -2.28. The van der Waals surface area contributed by atoms with E-state index >= 15 is 0 Å². The Balaban J connectivity index is 2.18. The Morgan fingerprint density at radius 3 is 1.71 bits per heavy atom. The van der Waals surface area contributed by atoms with Gasteiger partial charge in [-0.1, -0.05) is 9.97 Å². The van der Waals surface area contributed by atoms with Gasteiger partial charge in [0.05, 0.1) is 11.1 Å². The highest BCUT2D eigenvalue weighted by Crippen LogP contribution is 2.27. The lowest BCUT2D eigenvalue weighted by atomic mass is 9.96. The summed E-state index contributed by atoms with van der Waals surface area (Å²) in [5, 5.41) is 29.2. The highest BCUT2D eigenvalue weighted by atomic mass is 16.6. The van der Waals surface area contributed by atoms with E-state index in [0.29, 0.717) is 19.5 Å². The van der Waals surface area contributed by atoms with Crippen molar-refractivity contribution in [2.24, 2.45) is 0 Å². The van der Waals surface area contributed by atoms with Crippen molar-refractivity contribution < 1.29 is 19.4 Å². The molecule has 0 aromatic carbocycles. The van der Waals surface area contributed by atoms with E-state index in [2.05, 4.69) is 20.6 Å². The number of Topliss-reactive ketones (excluding diaryl/α,β-unsaturated/α-hetero) is 2. The van der Waals surface area contributed by atoms with E-state index in [1.54, 1.807) is 27.7 Å². The zero-order valence-corrected chi connectivity index (χ0v) is 19.8. The average Bonchev–Trinajstić information content (AvgIpc) is 3.41. The molecule has 2 N–H and O–H groups in total. The summed E-state index contributed by atoms with van der Waals surface area (Å²) in [5.74, 6) is -1.77. The summed E-state index contributed by atoms with van der Waals surface area (Å²) in [5.41, 5.74) is -1.82. The highest BCUT2D eigenvalue weighted by molar-refractivity contribution is 5.91. The number of nitrogens with one attached hydrogen (secondary N) is 2. The van der Waals surface area contributed by atoms with Crippen LogP contribution in [0.2, 0.25) is 0 Å². The minimum absolute atomic E-state index is 0.0330. The lowest BCUT2D eigenvalue weighted by Crippen LogP contribution is -2.51. The van der Waals surface area contributed by atoms with Gasteiger partial charge in [-0.2, -0.15) is 9.13 Å². The van der Waals surface area contributed by atoms with Crippen molar-refractivity contribution in [1.82, 2.24) is 29.7 Å². The van der Waals surface area contributed by atoms with Crippen LogP contribution >= 0.6 is 0 Å². The largest absolute Gasteiger partial charge is 0.437 e. The molecule has 0 aliphatic carbocycles. The molecule has 0 saturated carbocycles. The summed E-state index contributed by atoms with van der Waals surface area (Å²) in [7, 11) is 0. The average molecular weight is 479 g/mol. The molecule has 2 heterocycles. The number of nitrogens with zero attached hydrogens (tertiary/aromatic N) is 6. The van der Waals surface area contributed by atoms with Crippen LogP contribution in [0.1, 0.15) is 53.6 Å². The van der Waals surface area contributed by atoms with Gasteiger partial charge in [-0.3, -0.25) is 9.59 Å². The standard InChI is InChI=1S/C20H30N8O6/c1-14(29)19(2,3)23-8-6-7-9-24-20(4,5)15(30)16(25-12-10-21-17(25)27(31)32)26-13-11-22-18(26)28(33)34/h10-13,16,23-24H,6-9H2,1-5H3. The second kappa shape index (κ2) is 10.6. The van der Waals surface area contributed by atoms with E-state index in [4.69, 9.17) is 0 Å². The summed E-state index contributed by atoms with van der Waals surface area (Å²) in [6.45, 7) is 9.38. The highest BCUT2D eigenvalue weighted by Gasteiger charge is 2.43. The second-order valence-electron chi connectivity index (χ2n) is 8.89. The molecule has 2 rings (SSSR count). The first-order valence-corrected chi connectivity index (χ1v) is 10.7. The van der Waals surface area contributed by atoms with Crippen LogP contribution in [0.5, 0.6) is 0 Å². The van der Waals surface area contributed by atoms with Crippen molar-refractivity contribution in [2.75, 3.05) is 13.1 Å². The Hall–Kier alpha value is -3.52. The molecule has 0 amide bonds. The number of carbonyl (C=O) groups excluding carboxylic acids is 2. The molecule has 0 unspecified atom stereocenters. The minimum atomic E-state index is -1.45. The van der Waals surface area contributed by atoms with E-state index in [1.165, 1.54) is 19.3 Å². The quantitative estimate of drug-likeness (QED) is 0.230. The third-order valence-electron chi connectivity index (χ3n) is 5.62. The predicted molar refractivity (Wildman–Crippen MR) is 121 cm³/mol. The van der Waals surface area contributed by atoms with Crippen molar-refractivity contribution in [3.05, 3.63) is 45.0 Å². The number of hydrogen-bond donors (Lipinski definition) is 2. The van der Waals surface area contributed by atoms with Gasteiger partial charge in [0, 0.05) is 0 Å². The predicted octanol–water partition coefficient (Wildman–Crippen LogP) is 1.62. The van der Waals surface area contributed by atoms with Crippen LogP contribution in [0.15, 0.2) is 24.8 Å². The van der Waals surface area contributed by atoms with Gasteiger partial charge in [0.25, 0.3) is 6.17 Å². The number of imidazole rings is 2. The maximum atomic E-state index is 13.6. The van der Waals surface area contributed by atoms with Crippen LogP contribution in [0.3, 0.4) is 0 Å². The Labute approximate surface area is 196 Å². The van der Waals surface area contributed by atoms with E-state index in [0.717, 1.165) is 27.9 Å². The first kappa shape index (κ1) is 26.7. The summed E-state index contributed by atoms with van der Waals surface area (Å²) in [4.78, 5) is 53.9. The van der Waals surface area contributed by atoms with E-state index in [-0.39, 0.29) is 5.78 Å². The first-order chi connectivity index (χ1) is 15.8. The monoisotopic (exact) mass is 478 g/mol. The molecular weight excluding hydrogens is 448 g/mol. The van der Waals surface area contributed by atoms with Crippen LogP contribution in [0.4, 0.5) is 11.9 Å². The zero-order chi connectivity index (χ0) is 25.7. The molecule has 0 spiro atoms. The van der Waals surface area contributed by atoms with Gasteiger partial charge >= 0.3 is 11.9 Å². The molecule has 2 aromatic rings. The van der Waals surface area contributed by atoms with Gasteiger partial charge in [-0.25, -0.2) is 0 Å². The Morgan fingerprint density at radius 1 is 0.912 bits per heavy atom. The van der Waals surface area contributed by atoms with Crippen molar-refractivity contribution in [3.63, 3.8) is 0 Å². The van der Waals surface area contributed by atoms with Crippen LogP contribution in [-0.4, -0.2) is 64.7 Å². The molecule has 0 bridgehead atoms. The van der Waals surface area contributed by atoms with Crippen LogP contribution in [0.25, 0.3) is 0 Å². The van der Waals surface area contributed by atoms with Gasteiger partial charge in [0.15, 0.2) is 0 Å². The summed E-state index contributed by atoms with van der Waals surface area (Å²) >= 11 is 0. The molecule has 0 aliphatic rings. The zero-order valence-electron chi connectivity index (χ0n) is 19.8. The van der Waals surface area contributed by atoms with E-state index in [1.807, 2.05) is 0 Å². The molecule has 0 fully saturated rings. The Kier molecular flexibility index (Phi) is 8.34. The number of carbonyl (C=O) groups is 2. The number of unbranched alkanes of at least 4 members (excludes halogenated alkanes) is 1. The molecule has 14 nitrogen and oxygen atoms in total. The van der Waals surface area contributed by atoms with Gasteiger partial charge in [-0.05, 0) is 70.4 Å². The molecule has 0 atom stereocenters. The number of nitro groups is 2. The smallest absolute Gasteiger partial charge is 0.390 e. The third-order valence-corrected chi connectivity index (χ3v) is 5.62. The fraction of sp³-hybridized carbons (Fsp3) is 0.600. The molecule has 14 heteroatoms. The minimum Gasteiger partial charge on any atom is -0.390 e. The SMILES string of the molecule is CC(=O)C(C)(C)NCCCCNC(C)(C)C(=O)C(n1ccnc1[N+](=O)[O-])n1ccnc1[N+](=O)[O-].